The zero-order valence-electron chi connectivity index (χ0n) is 16.9. The Morgan fingerprint density at radius 2 is 1.74 bits per heavy atom. The molecule has 0 aliphatic heterocycles. The number of carbonyl (C=O) groups is 2. The first-order chi connectivity index (χ1) is 15.0. The Labute approximate surface area is 183 Å². The maximum Gasteiger partial charge on any atom is 0.246 e. The van der Waals surface area contributed by atoms with E-state index in [-0.39, 0.29) is 37.1 Å². The molecule has 2 aromatic carbocycles. The lowest BCUT2D eigenvalue weighted by molar-refractivity contribution is -0.125. The molecular formula is C21H22ClFN6O2. The fourth-order valence-electron chi connectivity index (χ4n) is 2.88. The first-order valence-corrected chi connectivity index (χ1v) is 10.2. The Bertz CT molecular complexity index is 1020. The number of tetrazole rings is 1. The van der Waals surface area contributed by atoms with E-state index < -0.39 is 6.04 Å². The van der Waals surface area contributed by atoms with E-state index >= 15 is 0 Å². The van der Waals surface area contributed by atoms with Crippen molar-refractivity contribution < 1.29 is 14.0 Å². The molecule has 0 saturated carbocycles. The van der Waals surface area contributed by atoms with Crippen LogP contribution in [0.4, 0.5) is 4.39 Å². The number of amides is 2. The summed E-state index contributed by atoms with van der Waals surface area (Å²) < 4.78 is 12.9. The van der Waals surface area contributed by atoms with Crippen molar-refractivity contribution in [3.8, 4) is 11.4 Å². The number of hydrogen-bond acceptors (Lipinski definition) is 5. The van der Waals surface area contributed by atoms with Crippen LogP contribution in [0.1, 0.15) is 24.9 Å². The van der Waals surface area contributed by atoms with Gasteiger partial charge in [-0.3, -0.25) is 9.59 Å². The molecule has 3 aromatic rings. The number of carbonyl (C=O) groups excluding carboxylic acids is 2. The highest BCUT2D eigenvalue weighted by molar-refractivity contribution is 6.30. The van der Waals surface area contributed by atoms with Gasteiger partial charge in [0.15, 0.2) is 6.04 Å². The molecule has 0 aliphatic rings. The van der Waals surface area contributed by atoms with Crippen LogP contribution >= 0.6 is 11.6 Å². The van der Waals surface area contributed by atoms with Crippen molar-refractivity contribution in [1.82, 2.24) is 30.8 Å². The largest absolute Gasteiger partial charge is 0.354 e. The normalized spacial score (nSPS) is 11.7. The monoisotopic (exact) mass is 444 g/mol. The van der Waals surface area contributed by atoms with Gasteiger partial charge in [0.25, 0.3) is 0 Å². The summed E-state index contributed by atoms with van der Waals surface area (Å²) in [5.41, 5.74) is 1.46. The lowest BCUT2D eigenvalue weighted by atomic mass is 10.1. The minimum atomic E-state index is -0.622. The SMILES string of the molecule is CCC(C(=O)NCCNC(=O)Cc1ccc(F)cc1)n1nnc(-c2ccc(Cl)cc2)n1. The second-order valence-corrected chi connectivity index (χ2v) is 7.25. The second-order valence-electron chi connectivity index (χ2n) is 6.81. The summed E-state index contributed by atoms with van der Waals surface area (Å²) in [4.78, 5) is 25.8. The van der Waals surface area contributed by atoms with Gasteiger partial charge in [-0.25, -0.2) is 4.39 Å². The Morgan fingerprint density at radius 1 is 1.06 bits per heavy atom. The molecule has 10 heteroatoms. The maximum absolute atomic E-state index is 12.9. The lowest BCUT2D eigenvalue weighted by Crippen LogP contribution is -2.39. The lowest BCUT2D eigenvalue weighted by Gasteiger charge is -2.13. The van der Waals surface area contributed by atoms with Crippen LogP contribution in [0.25, 0.3) is 11.4 Å². The minimum absolute atomic E-state index is 0.141. The highest BCUT2D eigenvalue weighted by atomic mass is 35.5. The third kappa shape index (κ3) is 6.32. The summed E-state index contributed by atoms with van der Waals surface area (Å²) in [6.07, 6.45) is 0.612. The molecule has 31 heavy (non-hydrogen) atoms. The maximum atomic E-state index is 12.9. The van der Waals surface area contributed by atoms with Gasteiger partial charge in [-0.05, 0) is 53.6 Å². The number of nitrogens with one attached hydrogen (secondary N) is 2. The molecule has 8 nitrogen and oxygen atoms in total. The van der Waals surface area contributed by atoms with Gasteiger partial charge < -0.3 is 10.6 Å². The molecule has 0 aliphatic carbocycles. The van der Waals surface area contributed by atoms with Crippen LogP contribution in [-0.2, 0) is 16.0 Å². The molecule has 3 rings (SSSR count). The quantitative estimate of drug-likeness (QED) is 0.494. The number of halogens is 2. The van der Waals surface area contributed by atoms with Gasteiger partial charge in [0.1, 0.15) is 5.82 Å². The van der Waals surface area contributed by atoms with Crippen LogP contribution in [0.3, 0.4) is 0 Å². The summed E-state index contributed by atoms with van der Waals surface area (Å²) in [7, 11) is 0. The van der Waals surface area contributed by atoms with Crippen molar-refractivity contribution in [3.63, 3.8) is 0 Å². The molecule has 1 heterocycles. The van der Waals surface area contributed by atoms with Crippen molar-refractivity contribution in [2.75, 3.05) is 13.1 Å². The predicted molar refractivity (Wildman–Crippen MR) is 114 cm³/mol. The van der Waals surface area contributed by atoms with Crippen LogP contribution in [0.15, 0.2) is 48.5 Å². The predicted octanol–water partition coefficient (Wildman–Crippen LogP) is 2.56. The molecule has 1 atom stereocenters. The molecule has 0 fully saturated rings. The first kappa shape index (κ1) is 22.4. The van der Waals surface area contributed by atoms with E-state index in [1.165, 1.54) is 16.9 Å². The molecule has 0 bridgehead atoms. The number of aromatic nitrogens is 4. The van der Waals surface area contributed by atoms with E-state index in [9.17, 15) is 14.0 Å². The summed E-state index contributed by atoms with van der Waals surface area (Å²) in [5, 5.41) is 18.4. The van der Waals surface area contributed by atoms with Gasteiger partial charge in [-0.15, -0.1) is 10.2 Å². The van der Waals surface area contributed by atoms with E-state index in [0.29, 0.717) is 22.8 Å². The van der Waals surface area contributed by atoms with E-state index in [4.69, 9.17) is 11.6 Å². The Morgan fingerprint density at radius 3 is 2.42 bits per heavy atom. The van der Waals surface area contributed by atoms with E-state index in [0.717, 1.165) is 5.56 Å². The minimum Gasteiger partial charge on any atom is -0.354 e. The van der Waals surface area contributed by atoms with Crippen LogP contribution in [0.2, 0.25) is 5.02 Å². The number of rotatable bonds is 9. The number of benzene rings is 2. The topological polar surface area (TPSA) is 102 Å². The van der Waals surface area contributed by atoms with Gasteiger partial charge in [-0.2, -0.15) is 4.80 Å². The molecule has 1 aromatic heterocycles. The summed E-state index contributed by atoms with van der Waals surface area (Å²) in [6.45, 7) is 2.37. The molecule has 0 spiro atoms. The Hall–Kier alpha value is -3.33. The third-order valence-electron chi connectivity index (χ3n) is 4.52. The van der Waals surface area contributed by atoms with Crippen molar-refractivity contribution in [3.05, 3.63) is 64.9 Å². The number of hydrogen-bond donors (Lipinski definition) is 2. The molecule has 1 unspecified atom stereocenters. The van der Waals surface area contributed by atoms with Gasteiger partial charge in [0, 0.05) is 23.7 Å². The summed E-state index contributed by atoms with van der Waals surface area (Å²) in [6, 6.07) is 12.1. The first-order valence-electron chi connectivity index (χ1n) is 9.80. The number of nitrogens with zero attached hydrogens (tertiary/aromatic N) is 4. The Balaban J connectivity index is 1.47. The van der Waals surface area contributed by atoms with Crippen molar-refractivity contribution in [1.29, 1.82) is 0 Å². The van der Waals surface area contributed by atoms with E-state index in [1.807, 2.05) is 6.92 Å². The van der Waals surface area contributed by atoms with Crippen molar-refractivity contribution >= 4 is 23.4 Å². The second kappa shape index (κ2) is 10.6. The smallest absolute Gasteiger partial charge is 0.246 e. The third-order valence-corrected chi connectivity index (χ3v) is 4.78. The fourth-order valence-corrected chi connectivity index (χ4v) is 3.01. The van der Waals surface area contributed by atoms with Crippen LogP contribution in [0.5, 0.6) is 0 Å². The van der Waals surface area contributed by atoms with Gasteiger partial charge >= 0.3 is 0 Å². The molecular weight excluding hydrogens is 423 g/mol. The molecule has 2 amide bonds. The van der Waals surface area contributed by atoms with Gasteiger partial charge in [0.2, 0.25) is 17.6 Å². The molecule has 0 radical (unpaired) electrons. The van der Waals surface area contributed by atoms with Crippen LogP contribution in [0, 0.1) is 5.82 Å². The molecule has 162 valence electrons. The molecule has 2 N–H and O–H groups in total. The average Bonchev–Trinajstić information content (AvgIpc) is 3.24. The van der Waals surface area contributed by atoms with Crippen LogP contribution in [-0.4, -0.2) is 45.1 Å². The standard InChI is InChI=1S/C21H22ClFN6O2/c1-2-18(29-27-20(26-28-29)15-5-7-16(22)8-6-15)21(31)25-12-11-24-19(30)13-14-3-9-17(23)10-4-14/h3-10,18H,2,11-13H2,1H3,(H,24,30)(H,25,31). The van der Waals surface area contributed by atoms with Gasteiger partial charge in [-0.1, -0.05) is 30.7 Å². The average molecular weight is 445 g/mol. The van der Waals surface area contributed by atoms with E-state index in [1.54, 1.807) is 36.4 Å². The summed E-state index contributed by atoms with van der Waals surface area (Å²) >= 11 is 5.89. The fraction of sp³-hybridized carbons (Fsp3) is 0.286. The van der Waals surface area contributed by atoms with Crippen LogP contribution < -0.4 is 10.6 Å². The highest BCUT2D eigenvalue weighted by Crippen LogP contribution is 2.18. The van der Waals surface area contributed by atoms with Gasteiger partial charge in [0.05, 0.1) is 6.42 Å². The van der Waals surface area contributed by atoms with Crippen molar-refractivity contribution in [2.45, 2.75) is 25.8 Å². The molecule has 0 saturated heterocycles. The van der Waals surface area contributed by atoms with Crippen molar-refractivity contribution in [2.24, 2.45) is 0 Å². The zero-order valence-corrected chi connectivity index (χ0v) is 17.6. The highest BCUT2D eigenvalue weighted by Gasteiger charge is 2.21. The van der Waals surface area contributed by atoms with E-state index in [2.05, 4.69) is 26.0 Å². The summed E-state index contributed by atoms with van der Waals surface area (Å²) in [5.74, 6) is -0.427. The Kier molecular flexibility index (Phi) is 7.66. The zero-order chi connectivity index (χ0) is 22.2.